The third-order valence-electron chi connectivity index (χ3n) is 2.13. The predicted octanol–water partition coefficient (Wildman–Crippen LogP) is 0.712. The van der Waals surface area contributed by atoms with Gasteiger partial charge in [-0.3, -0.25) is 14.9 Å². The number of nitrogens with one attached hydrogen (secondary N) is 1. The van der Waals surface area contributed by atoms with Crippen LogP contribution in [0.2, 0.25) is 0 Å². The van der Waals surface area contributed by atoms with E-state index in [4.69, 9.17) is 4.74 Å². The second kappa shape index (κ2) is 5.10. The molecule has 1 unspecified atom stereocenters. The Morgan fingerprint density at radius 2 is 2.21 bits per heavy atom. The maximum atomic E-state index is 11.1. The molecule has 1 fully saturated rings. The van der Waals surface area contributed by atoms with Crippen molar-refractivity contribution in [2.24, 2.45) is 11.8 Å². The molecule has 1 heterocycles. The number of hydrogen-bond donors (Lipinski definition) is 1. The van der Waals surface area contributed by atoms with Crippen LogP contribution >= 0.6 is 0 Å². The zero-order valence-electron chi connectivity index (χ0n) is 8.71. The minimum atomic E-state index is -0.172. The van der Waals surface area contributed by atoms with Gasteiger partial charge in [-0.1, -0.05) is 13.8 Å². The van der Waals surface area contributed by atoms with Gasteiger partial charge in [-0.15, -0.1) is 0 Å². The lowest BCUT2D eigenvalue weighted by molar-refractivity contribution is -0.126. The van der Waals surface area contributed by atoms with E-state index >= 15 is 0 Å². The molecule has 0 spiro atoms. The fraction of sp³-hybridized carbons (Fsp3) is 0.800. The normalized spacial score (nSPS) is 21.8. The summed E-state index contributed by atoms with van der Waals surface area (Å²) in [6.45, 7) is 5.42. The van der Waals surface area contributed by atoms with Crippen molar-refractivity contribution < 1.29 is 14.3 Å². The topological polar surface area (TPSA) is 55.4 Å². The average Bonchev–Trinajstić information content (AvgIpc) is 2.39. The third-order valence-corrected chi connectivity index (χ3v) is 2.13. The number of imide groups is 1. The monoisotopic (exact) mass is 199 g/mol. The molecule has 1 N–H and O–H groups in total. The lowest BCUT2D eigenvalue weighted by Crippen LogP contribution is -2.22. The SMILES string of the molecule is CC(C)COCCC1CC(=O)NC1=O. The molecule has 4 heteroatoms. The summed E-state index contributed by atoms with van der Waals surface area (Å²) < 4.78 is 5.35. The summed E-state index contributed by atoms with van der Waals surface area (Å²) in [5.74, 6) is 0.0238. The molecule has 1 saturated heterocycles. The first-order chi connectivity index (χ1) is 6.59. The molecule has 1 aliphatic heterocycles. The molecule has 0 radical (unpaired) electrons. The molecule has 0 aromatic carbocycles. The Balaban J connectivity index is 2.13. The fourth-order valence-electron chi connectivity index (χ4n) is 1.38. The lowest BCUT2D eigenvalue weighted by atomic mass is 10.1. The summed E-state index contributed by atoms with van der Waals surface area (Å²) in [4.78, 5) is 22.0. The molecule has 2 amide bonds. The van der Waals surface area contributed by atoms with Gasteiger partial charge in [-0.2, -0.15) is 0 Å². The van der Waals surface area contributed by atoms with Gasteiger partial charge in [0.1, 0.15) is 0 Å². The summed E-state index contributed by atoms with van der Waals surface area (Å²) in [5, 5.41) is 2.28. The van der Waals surface area contributed by atoms with Crippen LogP contribution in [0.5, 0.6) is 0 Å². The van der Waals surface area contributed by atoms with Crippen LogP contribution in [0.25, 0.3) is 0 Å². The lowest BCUT2D eigenvalue weighted by Gasteiger charge is -2.08. The minimum Gasteiger partial charge on any atom is -0.381 e. The largest absolute Gasteiger partial charge is 0.381 e. The molecule has 80 valence electrons. The smallest absolute Gasteiger partial charge is 0.230 e. The van der Waals surface area contributed by atoms with E-state index in [9.17, 15) is 9.59 Å². The van der Waals surface area contributed by atoms with Crippen LogP contribution in [-0.2, 0) is 14.3 Å². The first-order valence-corrected chi connectivity index (χ1v) is 5.01. The van der Waals surface area contributed by atoms with E-state index in [1.54, 1.807) is 0 Å². The van der Waals surface area contributed by atoms with E-state index in [1.807, 2.05) is 0 Å². The number of ether oxygens (including phenoxy) is 1. The summed E-state index contributed by atoms with van der Waals surface area (Å²) in [5.41, 5.74) is 0. The van der Waals surface area contributed by atoms with Crippen LogP contribution in [-0.4, -0.2) is 25.0 Å². The Kier molecular flexibility index (Phi) is 4.07. The summed E-state index contributed by atoms with van der Waals surface area (Å²) in [6, 6.07) is 0. The second-order valence-corrected chi connectivity index (χ2v) is 4.07. The van der Waals surface area contributed by atoms with Crippen molar-refractivity contribution in [3.05, 3.63) is 0 Å². The van der Waals surface area contributed by atoms with Gasteiger partial charge in [0.05, 0.1) is 0 Å². The van der Waals surface area contributed by atoms with Crippen LogP contribution < -0.4 is 5.32 Å². The third kappa shape index (κ3) is 3.46. The van der Waals surface area contributed by atoms with Gasteiger partial charge in [-0.05, 0) is 12.3 Å². The second-order valence-electron chi connectivity index (χ2n) is 4.07. The molecular weight excluding hydrogens is 182 g/mol. The summed E-state index contributed by atoms with van der Waals surface area (Å²) in [6.07, 6.45) is 0.966. The van der Waals surface area contributed by atoms with Crippen molar-refractivity contribution in [1.29, 1.82) is 0 Å². The van der Waals surface area contributed by atoms with Gasteiger partial charge in [0.15, 0.2) is 0 Å². The minimum absolute atomic E-state index is 0.150. The van der Waals surface area contributed by atoms with Crippen molar-refractivity contribution in [2.75, 3.05) is 13.2 Å². The molecule has 1 rings (SSSR count). The standard InChI is InChI=1S/C10H17NO3/c1-7(2)6-14-4-3-8-5-9(12)11-10(8)13/h7-8H,3-6H2,1-2H3,(H,11,12,13). The van der Waals surface area contributed by atoms with Gasteiger partial charge >= 0.3 is 0 Å². The highest BCUT2D eigenvalue weighted by Crippen LogP contribution is 2.14. The summed E-state index contributed by atoms with van der Waals surface area (Å²) >= 11 is 0. The zero-order valence-corrected chi connectivity index (χ0v) is 8.71. The van der Waals surface area contributed by atoms with Crippen molar-refractivity contribution in [3.8, 4) is 0 Å². The Hall–Kier alpha value is -0.900. The maximum absolute atomic E-state index is 11.1. The van der Waals surface area contributed by atoms with Crippen LogP contribution in [0, 0.1) is 11.8 Å². The summed E-state index contributed by atoms with van der Waals surface area (Å²) in [7, 11) is 0. The van der Waals surface area contributed by atoms with Crippen LogP contribution in [0.3, 0.4) is 0 Å². The van der Waals surface area contributed by atoms with E-state index in [1.165, 1.54) is 0 Å². The molecular formula is C10H17NO3. The van der Waals surface area contributed by atoms with Crippen molar-refractivity contribution in [2.45, 2.75) is 26.7 Å². The van der Waals surface area contributed by atoms with Crippen LogP contribution in [0.4, 0.5) is 0 Å². The number of carbonyl (C=O) groups excluding carboxylic acids is 2. The molecule has 0 bridgehead atoms. The molecule has 1 aliphatic rings. The highest BCUT2D eigenvalue weighted by atomic mass is 16.5. The molecule has 0 aromatic heterocycles. The fourth-order valence-corrected chi connectivity index (χ4v) is 1.38. The van der Waals surface area contributed by atoms with Crippen LogP contribution in [0.1, 0.15) is 26.7 Å². The zero-order chi connectivity index (χ0) is 10.6. The number of carbonyl (C=O) groups is 2. The maximum Gasteiger partial charge on any atom is 0.230 e. The molecule has 4 nitrogen and oxygen atoms in total. The van der Waals surface area contributed by atoms with E-state index < -0.39 is 0 Å². The van der Waals surface area contributed by atoms with E-state index in [2.05, 4.69) is 19.2 Å². The average molecular weight is 199 g/mol. The van der Waals surface area contributed by atoms with Gasteiger partial charge in [0.2, 0.25) is 11.8 Å². The Morgan fingerprint density at radius 3 is 2.71 bits per heavy atom. The number of amides is 2. The van der Waals surface area contributed by atoms with Gasteiger partial charge in [0, 0.05) is 25.6 Å². The Morgan fingerprint density at radius 1 is 1.50 bits per heavy atom. The van der Waals surface area contributed by atoms with Crippen molar-refractivity contribution in [3.63, 3.8) is 0 Å². The van der Waals surface area contributed by atoms with E-state index in [-0.39, 0.29) is 17.7 Å². The first kappa shape index (κ1) is 11.2. The molecule has 1 atom stereocenters. The predicted molar refractivity (Wildman–Crippen MR) is 51.5 cm³/mol. The molecule has 0 aromatic rings. The highest BCUT2D eigenvalue weighted by molar-refractivity contribution is 6.03. The Labute approximate surface area is 84.0 Å². The molecule has 14 heavy (non-hydrogen) atoms. The van der Waals surface area contributed by atoms with Crippen LogP contribution in [0.15, 0.2) is 0 Å². The number of hydrogen-bond acceptors (Lipinski definition) is 3. The van der Waals surface area contributed by atoms with E-state index in [0.29, 0.717) is 32.0 Å². The quantitative estimate of drug-likeness (QED) is 0.524. The molecule has 0 aliphatic carbocycles. The van der Waals surface area contributed by atoms with Gasteiger partial charge in [0.25, 0.3) is 0 Å². The Bertz CT molecular complexity index is 225. The highest BCUT2D eigenvalue weighted by Gasteiger charge is 2.29. The van der Waals surface area contributed by atoms with Crippen molar-refractivity contribution >= 4 is 11.8 Å². The first-order valence-electron chi connectivity index (χ1n) is 5.01. The van der Waals surface area contributed by atoms with Gasteiger partial charge in [-0.25, -0.2) is 0 Å². The number of rotatable bonds is 5. The van der Waals surface area contributed by atoms with Crippen molar-refractivity contribution in [1.82, 2.24) is 5.32 Å². The molecule has 0 saturated carbocycles. The van der Waals surface area contributed by atoms with E-state index in [0.717, 1.165) is 0 Å². The van der Waals surface area contributed by atoms with Gasteiger partial charge < -0.3 is 4.74 Å².